The number of fused-ring (bicyclic) bond motifs is 1. The Morgan fingerprint density at radius 1 is 1.23 bits per heavy atom. The van der Waals surface area contributed by atoms with Crippen LogP contribution in [0.25, 0.3) is 0 Å². The molecule has 1 saturated heterocycles. The normalized spacial score (nSPS) is 17.3. The Kier molecular flexibility index (Phi) is 14.2. The number of thioether (sulfide) groups is 1. The summed E-state index contributed by atoms with van der Waals surface area (Å²) in [5, 5.41) is 32.4. The number of aryl methyl sites for hydroxylation is 1. The number of amides is 1. The van der Waals surface area contributed by atoms with Crippen molar-refractivity contribution >= 4 is 81.6 Å². The number of β-lactam (4-membered cyclic amide) rings is 1. The van der Waals surface area contributed by atoms with Gasteiger partial charge in [-0.3, -0.25) is 29.1 Å². The van der Waals surface area contributed by atoms with Gasteiger partial charge < -0.3 is 36.4 Å². The Balaban J connectivity index is 0.000000314. The zero-order chi connectivity index (χ0) is 38.9. The number of ketones is 2. The second kappa shape index (κ2) is 17.8. The van der Waals surface area contributed by atoms with Gasteiger partial charge >= 0.3 is 11.9 Å². The Morgan fingerprint density at radius 3 is 2.46 bits per heavy atom. The number of rotatable bonds is 17. The zero-order valence-electron chi connectivity index (χ0n) is 29.2. The SMILES string of the molecule is CCC1=C(C(=O)[O-])N2C(=O)[C@@H](CC(=O)/C(=N\OC(C)(C)C(=O)O)c3nsc(N)n3)[C@H]2SC1.Cn1c(N)c(CC(=O)CCCN=CCC(=O)O)c[n+]1C. The lowest BCUT2D eigenvalue weighted by atomic mass is 9.89. The number of aliphatic imine (C=N–C) groups is 1. The van der Waals surface area contributed by atoms with Crippen LogP contribution in [0.3, 0.4) is 0 Å². The van der Waals surface area contributed by atoms with Crippen molar-refractivity contribution in [3.8, 4) is 0 Å². The molecular weight excluding hydrogens is 723 g/mol. The summed E-state index contributed by atoms with van der Waals surface area (Å²) >= 11 is 2.17. The van der Waals surface area contributed by atoms with E-state index < -0.39 is 46.5 Å². The first kappa shape index (κ1) is 41.2. The second-order valence-electron chi connectivity index (χ2n) is 12.2. The number of oxime groups is 1. The van der Waals surface area contributed by atoms with Gasteiger partial charge in [0.15, 0.2) is 29.5 Å². The monoisotopic (exact) mass is 763 g/mol. The van der Waals surface area contributed by atoms with Gasteiger partial charge in [0.05, 0.1) is 42.0 Å². The molecule has 0 saturated carbocycles. The van der Waals surface area contributed by atoms with Crippen LogP contribution >= 0.6 is 23.3 Å². The van der Waals surface area contributed by atoms with Crippen LogP contribution in [0.2, 0.25) is 0 Å². The molecule has 2 aromatic rings. The minimum absolute atomic E-state index is 0.0579. The number of Topliss-reactive ketones (excluding diaryl/α,β-unsaturated/α-hetero) is 2. The summed E-state index contributed by atoms with van der Waals surface area (Å²) in [6.07, 6.45) is 4.63. The molecule has 52 heavy (non-hydrogen) atoms. The predicted molar refractivity (Wildman–Crippen MR) is 187 cm³/mol. The van der Waals surface area contributed by atoms with Gasteiger partial charge in [0.2, 0.25) is 23.5 Å². The fraction of sp³-hybridized carbons (Fsp3) is 0.516. The van der Waals surface area contributed by atoms with E-state index in [4.69, 9.17) is 21.4 Å². The highest BCUT2D eigenvalue weighted by Crippen LogP contribution is 2.45. The van der Waals surface area contributed by atoms with Crippen LogP contribution in [0.4, 0.5) is 10.9 Å². The Bertz CT molecular complexity index is 1810. The molecule has 0 unspecified atom stereocenters. The smallest absolute Gasteiger partial charge is 0.350 e. The third-order valence-electron chi connectivity index (χ3n) is 8.00. The van der Waals surface area contributed by atoms with Crippen LogP contribution in [-0.4, -0.2) is 99.7 Å². The summed E-state index contributed by atoms with van der Waals surface area (Å²) in [6, 6.07) is 0. The number of carbonyl (C=O) groups excluding carboxylic acids is 4. The lowest BCUT2D eigenvalue weighted by molar-refractivity contribution is -0.750. The van der Waals surface area contributed by atoms with Crippen molar-refractivity contribution in [3.63, 3.8) is 0 Å². The molecule has 21 heteroatoms. The predicted octanol–water partition coefficient (Wildman–Crippen LogP) is -0.522. The summed E-state index contributed by atoms with van der Waals surface area (Å²) in [4.78, 5) is 84.6. The molecule has 6 N–H and O–H groups in total. The molecule has 2 aliphatic heterocycles. The minimum atomic E-state index is -1.74. The topological polar surface area (TPSA) is 290 Å². The molecule has 2 aromatic heterocycles. The molecule has 0 spiro atoms. The molecular formula is C31H41N9O10S2. The molecule has 1 amide bonds. The first-order valence-corrected chi connectivity index (χ1v) is 17.7. The summed E-state index contributed by atoms with van der Waals surface area (Å²) in [6.45, 7) is 4.75. The number of hydrogen-bond donors (Lipinski definition) is 4. The number of nitrogen functional groups attached to an aromatic ring is 2. The maximum absolute atomic E-state index is 13.0. The van der Waals surface area contributed by atoms with Crippen molar-refractivity contribution in [2.75, 3.05) is 23.8 Å². The van der Waals surface area contributed by atoms with E-state index in [0.717, 1.165) is 22.0 Å². The summed E-state index contributed by atoms with van der Waals surface area (Å²) in [5.41, 5.74) is 10.6. The van der Waals surface area contributed by atoms with E-state index in [1.165, 1.54) is 31.8 Å². The average molecular weight is 764 g/mol. The molecule has 0 aromatic carbocycles. The fourth-order valence-corrected chi connectivity index (χ4v) is 6.87. The van der Waals surface area contributed by atoms with Gasteiger partial charge in [-0.05, 0) is 32.3 Å². The van der Waals surface area contributed by atoms with Crippen LogP contribution < -0.4 is 21.3 Å². The van der Waals surface area contributed by atoms with Crippen molar-refractivity contribution in [2.24, 2.45) is 30.2 Å². The molecule has 0 bridgehead atoms. The molecule has 0 aliphatic carbocycles. The van der Waals surface area contributed by atoms with E-state index in [0.29, 0.717) is 49.4 Å². The van der Waals surface area contributed by atoms with E-state index in [2.05, 4.69) is 19.5 Å². The molecule has 4 rings (SSSR count). The number of hydrogen-bond acceptors (Lipinski definition) is 16. The van der Waals surface area contributed by atoms with Gasteiger partial charge in [-0.15, -0.1) is 21.1 Å². The average Bonchev–Trinajstić information content (AvgIpc) is 3.61. The third kappa shape index (κ3) is 10.2. The Labute approximate surface area is 306 Å². The van der Waals surface area contributed by atoms with E-state index in [9.17, 15) is 39.0 Å². The Hall–Kier alpha value is -5.18. The number of nitrogens with two attached hydrogens (primary N) is 2. The van der Waals surface area contributed by atoms with Gasteiger partial charge in [-0.1, -0.05) is 12.1 Å². The summed E-state index contributed by atoms with van der Waals surface area (Å²) in [5.74, 6) is -4.67. The van der Waals surface area contributed by atoms with Crippen molar-refractivity contribution < 1.29 is 53.6 Å². The van der Waals surface area contributed by atoms with Gasteiger partial charge in [0, 0.05) is 49.3 Å². The van der Waals surface area contributed by atoms with E-state index in [1.54, 1.807) is 11.6 Å². The number of aliphatic carboxylic acids is 3. The number of carboxylic acid groups (broad SMARTS) is 3. The number of anilines is 2. The zero-order valence-corrected chi connectivity index (χ0v) is 30.9. The molecule has 2 atom stereocenters. The van der Waals surface area contributed by atoms with Crippen molar-refractivity contribution in [1.82, 2.24) is 18.9 Å². The Morgan fingerprint density at radius 2 is 1.92 bits per heavy atom. The van der Waals surface area contributed by atoms with Crippen molar-refractivity contribution in [1.29, 1.82) is 0 Å². The van der Waals surface area contributed by atoms with E-state index >= 15 is 0 Å². The molecule has 282 valence electrons. The van der Waals surface area contributed by atoms with Crippen LogP contribution in [0.5, 0.6) is 0 Å². The molecule has 2 aliphatic rings. The van der Waals surface area contributed by atoms with E-state index in [1.807, 2.05) is 25.0 Å². The molecule has 1 fully saturated rings. The lowest BCUT2D eigenvalue weighted by Crippen LogP contribution is -2.63. The summed E-state index contributed by atoms with van der Waals surface area (Å²) < 4.78 is 7.53. The quantitative estimate of drug-likeness (QED) is 0.0518. The molecule has 0 radical (unpaired) electrons. The second-order valence-corrected chi connectivity index (χ2v) is 14.1. The van der Waals surface area contributed by atoms with Crippen LogP contribution in [0.1, 0.15) is 64.3 Å². The highest BCUT2D eigenvalue weighted by Gasteiger charge is 2.52. The van der Waals surface area contributed by atoms with Crippen molar-refractivity contribution in [2.45, 2.75) is 70.3 Å². The van der Waals surface area contributed by atoms with Gasteiger partial charge in [0.1, 0.15) is 5.78 Å². The number of nitrogens with zero attached hydrogens (tertiary/aromatic N) is 7. The largest absolute Gasteiger partial charge is 0.543 e. The highest BCUT2D eigenvalue weighted by molar-refractivity contribution is 8.00. The highest BCUT2D eigenvalue weighted by atomic mass is 32.2. The first-order chi connectivity index (χ1) is 24.4. The van der Waals surface area contributed by atoms with Crippen LogP contribution in [0, 0.1) is 5.92 Å². The number of carboxylic acids is 3. The maximum Gasteiger partial charge on any atom is 0.350 e. The summed E-state index contributed by atoms with van der Waals surface area (Å²) in [7, 11) is 3.70. The third-order valence-corrected chi connectivity index (χ3v) is 9.94. The number of carbonyl (C=O) groups is 6. The first-order valence-electron chi connectivity index (χ1n) is 15.9. The molecule has 4 heterocycles. The fourth-order valence-electron chi connectivity index (χ4n) is 4.91. The number of aromatic nitrogens is 4. The maximum atomic E-state index is 13.0. The van der Waals surface area contributed by atoms with Gasteiger partial charge in [-0.2, -0.15) is 9.36 Å². The minimum Gasteiger partial charge on any atom is -0.543 e. The van der Waals surface area contributed by atoms with Gasteiger partial charge in [0.25, 0.3) is 0 Å². The van der Waals surface area contributed by atoms with Crippen LogP contribution in [-0.2, 0) is 54.1 Å². The van der Waals surface area contributed by atoms with Crippen LogP contribution in [0.15, 0.2) is 27.6 Å². The van der Waals surface area contributed by atoms with Gasteiger partial charge in [-0.25, -0.2) is 4.79 Å². The van der Waals surface area contributed by atoms with Crippen molar-refractivity contribution in [3.05, 3.63) is 28.9 Å². The van der Waals surface area contributed by atoms with E-state index in [-0.39, 0.29) is 41.0 Å². The lowest BCUT2D eigenvalue weighted by Gasteiger charge is -2.51. The molecule has 19 nitrogen and oxygen atoms in total. The standard InChI is InChI=1S/C18H21N5O7S2.C13H20N4O3/c1-4-7-6-31-14-8(13(25)23(14)11(7)15(26)27)5-9(24)10(12-20-17(19)32-22-12)21-30-18(2,3)16(28)29;1-16-9-10(13(14)17(16)2)8-11(18)4-3-6-15-7-5-12(19)20/h8,14H,4-6H2,1-3H3,(H,26,27)(H,28,29)(H2,19,20,22);7,9,14H,3-6,8H2,1-2H3,(H,19,20)/b21-10+;/t8-,14-;/m1./s1.